The summed E-state index contributed by atoms with van der Waals surface area (Å²) in [5.74, 6) is 0.905. The van der Waals surface area contributed by atoms with E-state index < -0.39 is 0 Å². The Balaban J connectivity index is 2.13. The first-order valence-corrected chi connectivity index (χ1v) is 7.35. The summed E-state index contributed by atoms with van der Waals surface area (Å²) in [6, 6.07) is 6.94. The van der Waals surface area contributed by atoms with Crippen LogP contribution in [0.2, 0.25) is 5.28 Å². The maximum Gasteiger partial charge on any atom is 0.227 e. The van der Waals surface area contributed by atoms with Crippen LogP contribution < -0.4 is 15.8 Å². The SMILES string of the molecule is CN(C)CCOc1cc(Nc2ccc(N)c(C=N)c2)nc(Cl)n1. The molecule has 4 N–H and O–H groups in total. The third-order valence-corrected chi connectivity index (χ3v) is 3.15. The molecular formula is C15H19ClN6O. The zero-order valence-corrected chi connectivity index (χ0v) is 13.8. The number of aromatic nitrogens is 2. The van der Waals surface area contributed by atoms with Crippen molar-refractivity contribution in [2.24, 2.45) is 0 Å². The van der Waals surface area contributed by atoms with Gasteiger partial charge in [-0.05, 0) is 43.9 Å². The Labute approximate surface area is 140 Å². The normalized spacial score (nSPS) is 10.6. The summed E-state index contributed by atoms with van der Waals surface area (Å²) in [4.78, 5) is 10.2. The Morgan fingerprint density at radius 1 is 1.35 bits per heavy atom. The summed E-state index contributed by atoms with van der Waals surface area (Å²) >= 11 is 5.93. The Kier molecular flexibility index (Phi) is 5.72. The van der Waals surface area contributed by atoms with Gasteiger partial charge in [-0.1, -0.05) is 0 Å². The molecule has 23 heavy (non-hydrogen) atoms. The number of halogens is 1. The molecule has 0 aliphatic carbocycles. The molecule has 8 heteroatoms. The Bertz CT molecular complexity index is 692. The highest BCUT2D eigenvalue weighted by atomic mass is 35.5. The molecule has 1 heterocycles. The third kappa shape index (κ3) is 5.08. The van der Waals surface area contributed by atoms with Crippen LogP contribution in [0.3, 0.4) is 0 Å². The van der Waals surface area contributed by atoms with Crippen molar-refractivity contribution in [3.8, 4) is 5.88 Å². The molecule has 0 amide bonds. The monoisotopic (exact) mass is 334 g/mol. The van der Waals surface area contributed by atoms with Crippen molar-refractivity contribution >= 4 is 35.0 Å². The van der Waals surface area contributed by atoms with Crippen molar-refractivity contribution in [3.63, 3.8) is 0 Å². The first kappa shape index (κ1) is 17.0. The number of rotatable bonds is 7. The highest BCUT2D eigenvalue weighted by Crippen LogP contribution is 2.22. The van der Waals surface area contributed by atoms with Gasteiger partial charge in [0.05, 0.1) is 0 Å². The van der Waals surface area contributed by atoms with Crippen molar-refractivity contribution in [2.45, 2.75) is 0 Å². The van der Waals surface area contributed by atoms with Gasteiger partial charge in [0.25, 0.3) is 0 Å². The van der Waals surface area contributed by atoms with Crippen LogP contribution in [0, 0.1) is 5.41 Å². The largest absolute Gasteiger partial charge is 0.476 e. The van der Waals surface area contributed by atoms with Crippen molar-refractivity contribution < 1.29 is 4.74 Å². The summed E-state index contributed by atoms with van der Waals surface area (Å²) in [5.41, 5.74) is 7.68. The predicted molar refractivity (Wildman–Crippen MR) is 93.1 cm³/mol. The second-order valence-corrected chi connectivity index (χ2v) is 5.46. The van der Waals surface area contributed by atoms with Crippen LogP contribution in [0.4, 0.5) is 17.2 Å². The molecular weight excluding hydrogens is 316 g/mol. The molecule has 0 spiro atoms. The summed E-state index contributed by atoms with van der Waals surface area (Å²) in [5, 5.41) is 10.5. The zero-order chi connectivity index (χ0) is 16.8. The molecule has 0 unspecified atom stereocenters. The smallest absolute Gasteiger partial charge is 0.227 e. The van der Waals surface area contributed by atoms with E-state index in [1.165, 1.54) is 6.21 Å². The summed E-state index contributed by atoms with van der Waals surface area (Å²) in [7, 11) is 3.93. The lowest BCUT2D eigenvalue weighted by molar-refractivity contribution is 0.253. The molecule has 7 nitrogen and oxygen atoms in total. The standard InChI is InChI=1S/C15H19ClN6O/c1-22(2)5-6-23-14-8-13(20-15(16)21-14)19-11-3-4-12(18)10(7-11)9-17/h3-4,7-9,17H,5-6,18H2,1-2H3,(H,19,20,21). The van der Waals surface area contributed by atoms with Crippen LogP contribution >= 0.6 is 11.6 Å². The number of ether oxygens (including phenoxy) is 1. The minimum atomic E-state index is 0.0950. The lowest BCUT2D eigenvalue weighted by Gasteiger charge is -2.12. The van der Waals surface area contributed by atoms with E-state index in [4.69, 9.17) is 27.5 Å². The molecule has 0 atom stereocenters. The number of nitrogens with zero attached hydrogens (tertiary/aromatic N) is 3. The van der Waals surface area contributed by atoms with Gasteiger partial charge in [0.2, 0.25) is 11.2 Å². The summed E-state index contributed by atoms with van der Waals surface area (Å²) in [6.45, 7) is 1.27. The topological polar surface area (TPSA) is 100 Å². The maximum atomic E-state index is 7.34. The Morgan fingerprint density at radius 2 is 2.13 bits per heavy atom. The zero-order valence-electron chi connectivity index (χ0n) is 13.0. The molecule has 2 rings (SSSR count). The van der Waals surface area contributed by atoms with Gasteiger partial charge in [-0.3, -0.25) is 0 Å². The quantitative estimate of drug-likeness (QED) is 0.408. The van der Waals surface area contributed by atoms with Gasteiger partial charge in [0, 0.05) is 35.8 Å². The molecule has 0 saturated heterocycles. The number of nitrogens with two attached hydrogens (primary N) is 1. The average Bonchev–Trinajstić information content (AvgIpc) is 2.48. The number of nitrogens with one attached hydrogen (secondary N) is 2. The first-order valence-electron chi connectivity index (χ1n) is 6.97. The Hall–Kier alpha value is -2.38. The minimum Gasteiger partial charge on any atom is -0.476 e. The molecule has 2 aromatic rings. The van der Waals surface area contributed by atoms with Crippen LogP contribution in [0.1, 0.15) is 5.56 Å². The molecule has 1 aromatic carbocycles. The second-order valence-electron chi connectivity index (χ2n) is 5.13. The maximum absolute atomic E-state index is 7.34. The Morgan fingerprint density at radius 3 is 2.83 bits per heavy atom. The van der Waals surface area contributed by atoms with Crippen molar-refractivity contribution in [3.05, 3.63) is 35.1 Å². The van der Waals surface area contributed by atoms with E-state index in [-0.39, 0.29) is 5.28 Å². The molecule has 0 radical (unpaired) electrons. The first-order chi connectivity index (χ1) is 11.0. The molecule has 0 aliphatic heterocycles. The fourth-order valence-electron chi connectivity index (χ4n) is 1.79. The number of nitrogen functional groups attached to an aromatic ring is 1. The van der Waals surface area contributed by atoms with Gasteiger partial charge in [-0.15, -0.1) is 0 Å². The van der Waals surface area contributed by atoms with E-state index >= 15 is 0 Å². The molecule has 1 aromatic heterocycles. The van der Waals surface area contributed by atoms with Gasteiger partial charge in [-0.25, -0.2) is 4.98 Å². The van der Waals surface area contributed by atoms with E-state index in [2.05, 4.69) is 15.3 Å². The van der Waals surface area contributed by atoms with Crippen LogP contribution in [-0.4, -0.2) is 48.3 Å². The summed E-state index contributed by atoms with van der Waals surface area (Å²) < 4.78 is 5.57. The molecule has 0 aliphatic rings. The van der Waals surface area contributed by atoms with Crippen LogP contribution in [0.15, 0.2) is 24.3 Å². The van der Waals surface area contributed by atoms with E-state index in [1.54, 1.807) is 24.3 Å². The highest BCUT2D eigenvalue weighted by Gasteiger charge is 2.06. The molecule has 122 valence electrons. The fraction of sp³-hybridized carbons (Fsp3) is 0.267. The van der Waals surface area contributed by atoms with Gasteiger partial charge < -0.3 is 26.1 Å². The van der Waals surface area contributed by atoms with Gasteiger partial charge in [0.1, 0.15) is 12.4 Å². The van der Waals surface area contributed by atoms with E-state index in [9.17, 15) is 0 Å². The van der Waals surface area contributed by atoms with Crippen LogP contribution in [-0.2, 0) is 0 Å². The predicted octanol–water partition coefficient (Wildman–Crippen LogP) is 2.39. The van der Waals surface area contributed by atoms with Crippen molar-refractivity contribution in [1.29, 1.82) is 5.41 Å². The minimum absolute atomic E-state index is 0.0950. The van der Waals surface area contributed by atoms with Crippen LogP contribution in [0.25, 0.3) is 0 Å². The van der Waals surface area contributed by atoms with E-state index in [0.29, 0.717) is 29.6 Å². The number of hydrogen-bond donors (Lipinski definition) is 3. The molecule has 0 saturated carbocycles. The lowest BCUT2D eigenvalue weighted by atomic mass is 10.2. The highest BCUT2D eigenvalue weighted by molar-refractivity contribution is 6.28. The van der Waals surface area contributed by atoms with Gasteiger partial charge in [-0.2, -0.15) is 4.98 Å². The second kappa shape index (κ2) is 7.75. The number of likely N-dealkylation sites (N-methyl/N-ethyl adjacent to an activating group) is 1. The number of hydrogen-bond acceptors (Lipinski definition) is 7. The molecule has 0 fully saturated rings. The summed E-state index contributed by atoms with van der Waals surface area (Å²) in [6.07, 6.45) is 1.20. The van der Waals surface area contributed by atoms with E-state index in [1.807, 2.05) is 19.0 Å². The average molecular weight is 335 g/mol. The number of anilines is 3. The van der Waals surface area contributed by atoms with Crippen molar-refractivity contribution in [1.82, 2.24) is 14.9 Å². The van der Waals surface area contributed by atoms with Gasteiger partial charge >= 0.3 is 0 Å². The fourth-order valence-corrected chi connectivity index (χ4v) is 1.97. The van der Waals surface area contributed by atoms with Gasteiger partial charge in [0.15, 0.2) is 0 Å². The van der Waals surface area contributed by atoms with E-state index in [0.717, 1.165) is 12.2 Å². The van der Waals surface area contributed by atoms with Crippen molar-refractivity contribution in [2.75, 3.05) is 38.3 Å². The third-order valence-electron chi connectivity index (χ3n) is 2.98. The molecule has 0 bridgehead atoms. The lowest BCUT2D eigenvalue weighted by Crippen LogP contribution is -2.19. The van der Waals surface area contributed by atoms with Crippen LogP contribution in [0.5, 0.6) is 5.88 Å². The number of benzene rings is 1.